The standard InChI is InChI=1S/C25H25N3OS/c1-28(2)18-11-9-16(10-12-18)25-24-21(26-19-6-3-4-7-20(19)27-25)14-17(15-22(24)29)23-8-5-13-30-23/h3-14,17,24-27H,15H2,1-2H3. The highest BCUT2D eigenvalue weighted by Gasteiger charge is 2.39. The van der Waals surface area contributed by atoms with Gasteiger partial charge in [0.2, 0.25) is 0 Å². The molecule has 3 atom stereocenters. The maximum atomic E-state index is 13.5. The number of Topliss-reactive ketones (excluding diaryl/α,β-unsaturated/α-hetero) is 1. The van der Waals surface area contributed by atoms with Gasteiger partial charge < -0.3 is 15.5 Å². The van der Waals surface area contributed by atoms with Gasteiger partial charge in [-0.3, -0.25) is 4.79 Å². The highest BCUT2D eigenvalue weighted by Crippen LogP contribution is 2.45. The van der Waals surface area contributed by atoms with Crippen molar-refractivity contribution in [3.63, 3.8) is 0 Å². The average Bonchev–Trinajstić information content (AvgIpc) is 3.23. The number of thiophene rings is 1. The molecule has 4 nitrogen and oxygen atoms in total. The summed E-state index contributed by atoms with van der Waals surface area (Å²) in [6.07, 6.45) is 2.81. The van der Waals surface area contributed by atoms with Crippen LogP contribution in [0.1, 0.15) is 28.8 Å². The Bertz CT molecular complexity index is 1090. The fourth-order valence-electron chi connectivity index (χ4n) is 4.45. The summed E-state index contributed by atoms with van der Waals surface area (Å²) in [5.74, 6) is 0.178. The van der Waals surface area contributed by atoms with E-state index in [0.29, 0.717) is 6.42 Å². The first-order valence-electron chi connectivity index (χ1n) is 10.3. The van der Waals surface area contributed by atoms with Gasteiger partial charge in [0.1, 0.15) is 5.78 Å². The molecule has 3 aromatic rings. The van der Waals surface area contributed by atoms with Gasteiger partial charge in [-0.05, 0) is 41.3 Å². The van der Waals surface area contributed by atoms with Crippen LogP contribution in [0.3, 0.4) is 0 Å². The van der Waals surface area contributed by atoms with Gasteiger partial charge in [-0.15, -0.1) is 11.3 Å². The third-order valence-corrected chi connectivity index (χ3v) is 7.02. The Kier molecular flexibility index (Phi) is 4.83. The summed E-state index contributed by atoms with van der Waals surface area (Å²) in [7, 11) is 4.07. The molecule has 152 valence electrons. The summed E-state index contributed by atoms with van der Waals surface area (Å²) in [4.78, 5) is 16.8. The van der Waals surface area contributed by atoms with Gasteiger partial charge in [-0.2, -0.15) is 0 Å². The van der Waals surface area contributed by atoms with Crippen molar-refractivity contribution < 1.29 is 4.79 Å². The molecule has 0 bridgehead atoms. The molecule has 0 saturated carbocycles. The zero-order valence-corrected chi connectivity index (χ0v) is 17.9. The number of carbonyl (C=O) groups excluding carboxylic acids is 1. The molecule has 0 fully saturated rings. The third-order valence-electron chi connectivity index (χ3n) is 6.01. The van der Waals surface area contributed by atoms with Crippen LogP contribution in [0.2, 0.25) is 0 Å². The molecular formula is C25H25N3OS. The van der Waals surface area contributed by atoms with E-state index in [9.17, 15) is 4.79 Å². The Labute approximate surface area is 181 Å². The molecule has 3 unspecified atom stereocenters. The monoisotopic (exact) mass is 415 g/mol. The summed E-state index contributed by atoms with van der Waals surface area (Å²) in [5, 5.41) is 9.34. The number of nitrogens with one attached hydrogen (secondary N) is 2. The zero-order chi connectivity index (χ0) is 20.7. The van der Waals surface area contributed by atoms with E-state index in [1.807, 2.05) is 26.2 Å². The summed E-state index contributed by atoms with van der Waals surface area (Å²) in [5.41, 5.74) is 5.31. The Morgan fingerprint density at radius 1 is 0.967 bits per heavy atom. The molecule has 2 aromatic carbocycles. The van der Waals surface area contributed by atoms with E-state index >= 15 is 0 Å². The molecule has 1 aliphatic carbocycles. The number of nitrogens with zero attached hydrogens (tertiary/aromatic N) is 1. The number of hydrogen-bond acceptors (Lipinski definition) is 5. The first-order valence-corrected chi connectivity index (χ1v) is 11.2. The number of rotatable bonds is 3. The first-order chi connectivity index (χ1) is 14.6. The first kappa shape index (κ1) is 18.9. The Morgan fingerprint density at radius 3 is 2.43 bits per heavy atom. The second-order valence-corrected chi connectivity index (χ2v) is 9.15. The minimum atomic E-state index is -0.237. The van der Waals surface area contributed by atoms with Crippen molar-refractivity contribution in [1.29, 1.82) is 0 Å². The zero-order valence-electron chi connectivity index (χ0n) is 17.1. The topological polar surface area (TPSA) is 44.4 Å². The van der Waals surface area contributed by atoms with E-state index in [0.717, 1.165) is 28.3 Å². The average molecular weight is 416 g/mol. The molecule has 0 amide bonds. The molecular weight excluding hydrogens is 390 g/mol. The van der Waals surface area contributed by atoms with Crippen LogP contribution in [0.25, 0.3) is 0 Å². The fourth-order valence-corrected chi connectivity index (χ4v) is 5.24. The number of hydrogen-bond donors (Lipinski definition) is 2. The van der Waals surface area contributed by atoms with Crippen molar-refractivity contribution in [2.75, 3.05) is 29.6 Å². The number of fused-ring (bicyclic) bond motifs is 2. The quantitative estimate of drug-likeness (QED) is 0.580. The van der Waals surface area contributed by atoms with Gasteiger partial charge >= 0.3 is 0 Å². The van der Waals surface area contributed by atoms with Crippen LogP contribution in [-0.2, 0) is 4.79 Å². The number of ketones is 1. The number of allylic oxidation sites excluding steroid dienone is 1. The Hall–Kier alpha value is -3.05. The molecule has 0 radical (unpaired) electrons. The second kappa shape index (κ2) is 7.65. The highest BCUT2D eigenvalue weighted by molar-refractivity contribution is 7.10. The van der Waals surface area contributed by atoms with E-state index < -0.39 is 0 Å². The van der Waals surface area contributed by atoms with Crippen molar-refractivity contribution in [3.8, 4) is 0 Å². The minimum Gasteiger partial charge on any atom is -0.378 e. The van der Waals surface area contributed by atoms with Gasteiger partial charge in [-0.1, -0.05) is 36.4 Å². The van der Waals surface area contributed by atoms with Gasteiger partial charge in [-0.25, -0.2) is 0 Å². The van der Waals surface area contributed by atoms with Crippen molar-refractivity contribution in [2.24, 2.45) is 5.92 Å². The fraction of sp³-hybridized carbons (Fsp3) is 0.240. The van der Waals surface area contributed by atoms with E-state index in [-0.39, 0.29) is 23.7 Å². The van der Waals surface area contributed by atoms with Crippen LogP contribution in [-0.4, -0.2) is 19.9 Å². The van der Waals surface area contributed by atoms with Crippen LogP contribution in [0, 0.1) is 5.92 Å². The third kappa shape index (κ3) is 3.39. The molecule has 5 rings (SSSR count). The maximum Gasteiger partial charge on any atom is 0.145 e. The lowest BCUT2D eigenvalue weighted by atomic mass is 9.78. The van der Waals surface area contributed by atoms with Gasteiger partial charge in [0.05, 0.1) is 23.3 Å². The predicted molar refractivity (Wildman–Crippen MR) is 125 cm³/mol. The lowest BCUT2D eigenvalue weighted by Crippen LogP contribution is -2.33. The molecule has 2 aliphatic rings. The van der Waals surface area contributed by atoms with Crippen LogP contribution in [0.15, 0.2) is 77.8 Å². The summed E-state index contributed by atoms with van der Waals surface area (Å²) >= 11 is 1.72. The van der Waals surface area contributed by atoms with Crippen molar-refractivity contribution in [2.45, 2.75) is 18.4 Å². The molecule has 2 N–H and O–H groups in total. The lowest BCUT2D eigenvalue weighted by Gasteiger charge is -2.32. The molecule has 30 heavy (non-hydrogen) atoms. The number of anilines is 3. The second-order valence-electron chi connectivity index (χ2n) is 8.17. The summed E-state index contributed by atoms with van der Waals surface area (Å²) < 4.78 is 0. The van der Waals surface area contributed by atoms with Crippen LogP contribution in [0.5, 0.6) is 0 Å². The van der Waals surface area contributed by atoms with Crippen LogP contribution in [0.4, 0.5) is 17.1 Å². The van der Waals surface area contributed by atoms with E-state index in [4.69, 9.17) is 0 Å². The Balaban J connectivity index is 1.60. The van der Waals surface area contributed by atoms with Crippen LogP contribution < -0.4 is 15.5 Å². The predicted octanol–water partition coefficient (Wildman–Crippen LogP) is 5.65. The minimum absolute atomic E-state index is 0.111. The van der Waals surface area contributed by atoms with Crippen molar-refractivity contribution >= 4 is 34.2 Å². The summed E-state index contributed by atoms with van der Waals surface area (Å²) in [6, 6.07) is 20.8. The number of carbonyl (C=O) groups is 1. The lowest BCUT2D eigenvalue weighted by molar-refractivity contribution is -0.122. The number of benzene rings is 2. The SMILES string of the molecule is CN(C)c1ccc(C2Nc3ccccc3NC3=CC(c4cccs4)CC(=O)C32)cc1. The smallest absolute Gasteiger partial charge is 0.145 e. The molecule has 1 aliphatic heterocycles. The molecule has 2 heterocycles. The molecule has 1 aromatic heterocycles. The van der Waals surface area contributed by atoms with Crippen molar-refractivity contribution in [1.82, 2.24) is 0 Å². The molecule has 0 spiro atoms. The summed E-state index contributed by atoms with van der Waals surface area (Å²) in [6.45, 7) is 0. The van der Waals surface area contributed by atoms with E-state index in [1.54, 1.807) is 11.3 Å². The van der Waals surface area contributed by atoms with Crippen LogP contribution >= 0.6 is 11.3 Å². The maximum absolute atomic E-state index is 13.5. The largest absolute Gasteiger partial charge is 0.378 e. The van der Waals surface area contributed by atoms with Crippen molar-refractivity contribution in [3.05, 3.63) is 88.3 Å². The normalized spacial score (nSPS) is 22.7. The van der Waals surface area contributed by atoms with Gasteiger partial charge in [0, 0.05) is 42.7 Å². The van der Waals surface area contributed by atoms with E-state index in [2.05, 4.69) is 75.5 Å². The van der Waals surface area contributed by atoms with Gasteiger partial charge in [0.25, 0.3) is 0 Å². The highest BCUT2D eigenvalue weighted by atomic mass is 32.1. The van der Waals surface area contributed by atoms with Gasteiger partial charge in [0.15, 0.2) is 0 Å². The molecule has 0 saturated heterocycles. The molecule has 5 heteroatoms. The number of para-hydroxylation sites is 2. The Morgan fingerprint density at radius 2 is 1.73 bits per heavy atom. The van der Waals surface area contributed by atoms with E-state index in [1.165, 1.54) is 4.88 Å².